The Bertz CT molecular complexity index is 361. The molecule has 0 N–H and O–H groups in total. The highest BCUT2D eigenvalue weighted by Gasteiger charge is 2.13. The van der Waals surface area contributed by atoms with Gasteiger partial charge < -0.3 is 9.64 Å². The quantitative estimate of drug-likeness (QED) is 0.635. The Hall–Kier alpha value is -0.810. The monoisotopic (exact) mass is 271 g/mol. The van der Waals surface area contributed by atoms with Crippen LogP contribution in [0.2, 0.25) is 0 Å². The first-order valence-corrected chi connectivity index (χ1v) is 6.55. The molecule has 0 bridgehead atoms. The van der Waals surface area contributed by atoms with Gasteiger partial charge in [0.25, 0.3) is 0 Å². The third kappa shape index (κ3) is 4.16. The molecule has 0 radical (unpaired) electrons. The normalized spacial score (nSPS) is 10.4. The lowest BCUT2D eigenvalue weighted by atomic mass is 10.2. The summed E-state index contributed by atoms with van der Waals surface area (Å²) in [7, 11) is 3.90. The fourth-order valence-electron chi connectivity index (χ4n) is 1.25. The summed E-state index contributed by atoms with van der Waals surface area (Å²) < 4.78 is 5.23. The van der Waals surface area contributed by atoms with Gasteiger partial charge in [-0.15, -0.1) is 0 Å². The van der Waals surface area contributed by atoms with Crippen molar-refractivity contribution in [3.8, 4) is 0 Å². The molecule has 5 heteroatoms. The first-order chi connectivity index (χ1) is 8.08. The maximum atomic E-state index is 11.8. The number of ether oxygens (including phenoxy) is 1. The van der Waals surface area contributed by atoms with Gasteiger partial charge in [-0.05, 0) is 24.3 Å². The van der Waals surface area contributed by atoms with E-state index in [9.17, 15) is 4.79 Å². The van der Waals surface area contributed by atoms with E-state index >= 15 is 0 Å². The first kappa shape index (κ1) is 14.3. The van der Waals surface area contributed by atoms with Gasteiger partial charge in [0.1, 0.15) is 6.10 Å². The summed E-state index contributed by atoms with van der Waals surface area (Å²) in [6.07, 6.45) is -0.248. The van der Waals surface area contributed by atoms with Crippen LogP contribution in [-0.2, 0) is 4.74 Å². The van der Waals surface area contributed by atoms with E-state index in [1.54, 1.807) is 12.1 Å². The Morgan fingerprint density at radius 1 is 1.24 bits per heavy atom. The fourth-order valence-corrected chi connectivity index (χ4v) is 1.86. The smallest absolute Gasteiger partial charge is 0.338 e. The van der Waals surface area contributed by atoms with E-state index in [2.05, 4.69) is 25.3 Å². The van der Waals surface area contributed by atoms with Gasteiger partial charge in [-0.25, -0.2) is 4.79 Å². The number of rotatable bonds is 5. The highest BCUT2D eigenvalue weighted by molar-refractivity contribution is 7.81. The van der Waals surface area contributed by atoms with Gasteiger partial charge in [0.2, 0.25) is 0 Å². The molecule has 0 atom stereocenters. The first-order valence-electron chi connectivity index (χ1n) is 5.28. The largest absolute Gasteiger partial charge is 0.457 e. The topological polar surface area (TPSA) is 29.5 Å². The number of hydrogen-bond donors (Lipinski definition) is 2. The van der Waals surface area contributed by atoms with Crippen molar-refractivity contribution in [2.75, 3.05) is 30.5 Å². The average molecular weight is 271 g/mol. The predicted molar refractivity (Wildman–Crippen MR) is 77.7 cm³/mol. The molecule has 1 aromatic rings. The van der Waals surface area contributed by atoms with Crippen molar-refractivity contribution in [2.45, 2.75) is 6.10 Å². The second-order valence-electron chi connectivity index (χ2n) is 3.83. The van der Waals surface area contributed by atoms with Crippen LogP contribution in [-0.4, -0.2) is 37.7 Å². The third-order valence-electron chi connectivity index (χ3n) is 2.30. The van der Waals surface area contributed by atoms with Crippen LogP contribution in [0, 0.1) is 0 Å². The number of anilines is 1. The number of carbonyl (C=O) groups excluding carboxylic acids is 1. The van der Waals surface area contributed by atoms with Crippen molar-refractivity contribution in [2.24, 2.45) is 0 Å². The van der Waals surface area contributed by atoms with E-state index in [1.807, 2.05) is 31.1 Å². The van der Waals surface area contributed by atoms with Crippen LogP contribution in [0.25, 0.3) is 0 Å². The molecule has 1 aromatic carbocycles. The Morgan fingerprint density at radius 3 is 2.18 bits per heavy atom. The van der Waals surface area contributed by atoms with Crippen molar-refractivity contribution in [1.82, 2.24) is 0 Å². The van der Waals surface area contributed by atoms with E-state index < -0.39 is 0 Å². The summed E-state index contributed by atoms with van der Waals surface area (Å²) in [5.41, 5.74) is 1.59. The molecular weight excluding hydrogens is 254 g/mol. The van der Waals surface area contributed by atoms with Crippen molar-refractivity contribution in [3.63, 3.8) is 0 Å². The number of esters is 1. The van der Waals surface area contributed by atoms with Crippen LogP contribution in [0.15, 0.2) is 24.3 Å². The predicted octanol–water partition coefficient (Wildman–Crippen LogP) is 2.14. The fraction of sp³-hybridized carbons (Fsp3) is 0.417. The van der Waals surface area contributed by atoms with E-state index in [1.165, 1.54) is 0 Å². The van der Waals surface area contributed by atoms with E-state index in [-0.39, 0.29) is 12.1 Å². The molecule has 17 heavy (non-hydrogen) atoms. The molecule has 0 heterocycles. The molecule has 0 spiro atoms. The van der Waals surface area contributed by atoms with E-state index in [0.29, 0.717) is 17.1 Å². The van der Waals surface area contributed by atoms with Gasteiger partial charge in [0, 0.05) is 31.3 Å². The molecule has 1 rings (SSSR count). The Labute approximate surface area is 113 Å². The lowest BCUT2D eigenvalue weighted by molar-refractivity contribution is 0.0395. The van der Waals surface area contributed by atoms with Gasteiger partial charge in [0.05, 0.1) is 5.56 Å². The second kappa shape index (κ2) is 6.81. The third-order valence-corrected chi connectivity index (χ3v) is 3.11. The van der Waals surface area contributed by atoms with Crippen LogP contribution in [0.1, 0.15) is 10.4 Å². The number of nitrogens with zero attached hydrogens (tertiary/aromatic N) is 1. The maximum Gasteiger partial charge on any atom is 0.338 e. The Morgan fingerprint density at radius 2 is 1.76 bits per heavy atom. The van der Waals surface area contributed by atoms with Gasteiger partial charge in [-0.1, -0.05) is 0 Å². The van der Waals surface area contributed by atoms with Gasteiger partial charge in [0.15, 0.2) is 0 Å². The number of hydrogen-bond acceptors (Lipinski definition) is 5. The van der Waals surface area contributed by atoms with Crippen LogP contribution < -0.4 is 4.90 Å². The lowest BCUT2D eigenvalue weighted by Gasteiger charge is -2.15. The Kier molecular flexibility index (Phi) is 5.71. The SMILES string of the molecule is CN(C)c1ccc(C(=O)OC(CS)CS)cc1. The zero-order valence-corrected chi connectivity index (χ0v) is 11.7. The Balaban J connectivity index is 2.69. The van der Waals surface area contributed by atoms with Crippen molar-refractivity contribution in [1.29, 1.82) is 0 Å². The lowest BCUT2D eigenvalue weighted by Crippen LogP contribution is -2.21. The average Bonchev–Trinajstić information content (AvgIpc) is 2.35. The minimum Gasteiger partial charge on any atom is -0.457 e. The summed E-state index contributed by atoms with van der Waals surface area (Å²) in [5, 5.41) is 0. The molecule has 0 fully saturated rings. The molecule has 0 aliphatic heterocycles. The maximum absolute atomic E-state index is 11.8. The molecule has 0 aliphatic carbocycles. The molecular formula is C12H17NO2S2. The van der Waals surface area contributed by atoms with Gasteiger partial charge in [-0.3, -0.25) is 0 Å². The van der Waals surface area contributed by atoms with Crippen LogP contribution in [0.3, 0.4) is 0 Å². The highest BCUT2D eigenvalue weighted by atomic mass is 32.1. The number of carbonyl (C=O) groups is 1. The molecule has 0 amide bonds. The molecule has 94 valence electrons. The van der Waals surface area contributed by atoms with Gasteiger partial charge >= 0.3 is 5.97 Å². The molecule has 0 aliphatic rings. The summed E-state index contributed by atoms with van der Waals surface area (Å²) in [4.78, 5) is 13.7. The van der Waals surface area contributed by atoms with Crippen LogP contribution in [0.4, 0.5) is 5.69 Å². The van der Waals surface area contributed by atoms with E-state index in [4.69, 9.17) is 4.74 Å². The zero-order chi connectivity index (χ0) is 12.8. The van der Waals surface area contributed by atoms with Crippen LogP contribution in [0.5, 0.6) is 0 Å². The summed E-state index contributed by atoms with van der Waals surface area (Å²) in [5.74, 6) is 0.624. The van der Waals surface area contributed by atoms with Crippen LogP contribution >= 0.6 is 25.3 Å². The molecule has 0 unspecified atom stereocenters. The highest BCUT2D eigenvalue weighted by Crippen LogP contribution is 2.13. The van der Waals surface area contributed by atoms with E-state index in [0.717, 1.165) is 5.69 Å². The zero-order valence-electron chi connectivity index (χ0n) is 9.96. The number of benzene rings is 1. The standard InChI is InChI=1S/C12H17NO2S2/c1-13(2)10-5-3-9(4-6-10)12(14)15-11(7-16)8-17/h3-6,11,16-17H,7-8H2,1-2H3. The second-order valence-corrected chi connectivity index (χ2v) is 4.56. The van der Waals surface area contributed by atoms with Crippen molar-refractivity contribution >= 4 is 36.9 Å². The summed E-state index contributed by atoms with van der Waals surface area (Å²) >= 11 is 8.19. The molecule has 0 saturated carbocycles. The summed E-state index contributed by atoms with van der Waals surface area (Å²) in [6, 6.07) is 7.28. The number of thiol groups is 2. The van der Waals surface area contributed by atoms with Crippen molar-refractivity contribution in [3.05, 3.63) is 29.8 Å². The molecule has 0 saturated heterocycles. The summed E-state index contributed by atoms with van der Waals surface area (Å²) in [6.45, 7) is 0. The minimum absolute atomic E-state index is 0.248. The minimum atomic E-state index is -0.330. The van der Waals surface area contributed by atoms with Gasteiger partial charge in [-0.2, -0.15) is 25.3 Å². The molecule has 0 aromatic heterocycles. The molecule has 3 nitrogen and oxygen atoms in total. The van der Waals surface area contributed by atoms with Crippen molar-refractivity contribution < 1.29 is 9.53 Å².